The van der Waals surface area contributed by atoms with Crippen LogP contribution < -0.4 is 5.32 Å². The second kappa shape index (κ2) is 5.21. The summed E-state index contributed by atoms with van der Waals surface area (Å²) in [5.74, 6) is 0.920. The summed E-state index contributed by atoms with van der Waals surface area (Å²) in [5, 5.41) is 11.5. The second-order valence-electron chi connectivity index (χ2n) is 7.56. The van der Waals surface area contributed by atoms with Crippen molar-refractivity contribution < 1.29 is 4.79 Å². The van der Waals surface area contributed by atoms with Gasteiger partial charge in [-0.3, -0.25) is 9.89 Å². The summed E-state index contributed by atoms with van der Waals surface area (Å²) in [6.07, 6.45) is 1.41. The quantitative estimate of drug-likeness (QED) is 0.798. The third kappa shape index (κ3) is 2.37. The van der Waals surface area contributed by atoms with Crippen LogP contribution in [0.4, 0.5) is 5.82 Å². The molecule has 1 aliphatic carbocycles. The largest absolute Gasteiger partial charge is 0.342 e. The Hall–Kier alpha value is -2.07. The minimum Gasteiger partial charge on any atom is -0.342 e. The zero-order chi connectivity index (χ0) is 17.1. The van der Waals surface area contributed by atoms with Gasteiger partial charge in [-0.2, -0.15) is 5.10 Å². The van der Waals surface area contributed by atoms with Gasteiger partial charge in [-0.05, 0) is 36.5 Å². The fraction of sp³-hybridized carbons (Fsp3) is 0.368. The van der Waals surface area contributed by atoms with Crippen LogP contribution >= 0.6 is 11.6 Å². The van der Waals surface area contributed by atoms with E-state index in [-0.39, 0.29) is 17.1 Å². The minimum atomic E-state index is -0.114. The number of aromatic amines is 1. The lowest BCUT2D eigenvalue weighted by Gasteiger charge is -2.38. The van der Waals surface area contributed by atoms with Gasteiger partial charge in [-0.25, -0.2) is 0 Å². The number of hydrogen-bond acceptors (Lipinski definition) is 3. The number of aromatic nitrogens is 2. The lowest BCUT2D eigenvalue weighted by atomic mass is 9.69. The van der Waals surface area contributed by atoms with Crippen LogP contribution in [0.5, 0.6) is 0 Å². The molecule has 1 atom stereocenters. The molecule has 5 heteroatoms. The summed E-state index contributed by atoms with van der Waals surface area (Å²) >= 11 is 6.22. The molecule has 2 N–H and O–H groups in total. The predicted molar refractivity (Wildman–Crippen MR) is 95.3 cm³/mol. The molecule has 2 aromatic rings. The van der Waals surface area contributed by atoms with Crippen LogP contribution in [0.15, 0.2) is 35.5 Å². The number of carbonyl (C=O) groups excluding carboxylic acids is 1. The Balaban J connectivity index is 1.95. The van der Waals surface area contributed by atoms with Gasteiger partial charge in [0.05, 0.1) is 0 Å². The molecule has 1 aromatic carbocycles. The molecule has 4 rings (SSSR count). The molecule has 1 aliphatic heterocycles. The van der Waals surface area contributed by atoms with Crippen molar-refractivity contribution in [1.29, 1.82) is 0 Å². The van der Waals surface area contributed by atoms with Gasteiger partial charge >= 0.3 is 0 Å². The molecule has 0 spiro atoms. The zero-order valence-corrected chi connectivity index (χ0v) is 14.8. The Bertz CT molecular complexity index is 878. The number of Topliss-reactive ketones (excluding diaryl/α,β-unsaturated/α-hetero) is 1. The van der Waals surface area contributed by atoms with Crippen molar-refractivity contribution in [3.63, 3.8) is 0 Å². The Morgan fingerprint density at radius 3 is 2.83 bits per heavy atom. The van der Waals surface area contributed by atoms with Gasteiger partial charge in [0, 0.05) is 39.9 Å². The number of benzene rings is 1. The normalized spacial score (nSPS) is 22.0. The third-order valence-corrected chi connectivity index (χ3v) is 5.18. The molecule has 0 unspecified atom stereocenters. The Morgan fingerprint density at radius 2 is 2.08 bits per heavy atom. The molecule has 24 heavy (non-hydrogen) atoms. The van der Waals surface area contributed by atoms with Crippen LogP contribution in [-0.2, 0) is 4.79 Å². The van der Waals surface area contributed by atoms with Crippen molar-refractivity contribution in [1.82, 2.24) is 10.2 Å². The number of carbonyl (C=O) groups is 1. The van der Waals surface area contributed by atoms with E-state index in [1.165, 1.54) is 0 Å². The van der Waals surface area contributed by atoms with E-state index in [1.54, 1.807) is 0 Å². The van der Waals surface area contributed by atoms with Gasteiger partial charge in [-0.1, -0.05) is 37.6 Å². The highest BCUT2D eigenvalue weighted by Crippen LogP contribution is 2.49. The number of hydrogen-bond donors (Lipinski definition) is 2. The summed E-state index contributed by atoms with van der Waals surface area (Å²) in [6.45, 7) is 6.26. The Labute approximate surface area is 146 Å². The van der Waals surface area contributed by atoms with E-state index in [0.29, 0.717) is 11.4 Å². The molecule has 1 aromatic heterocycles. The number of H-pyrrole nitrogens is 1. The summed E-state index contributed by atoms with van der Waals surface area (Å²) in [6, 6.07) is 7.78. The van der Waals surface area contributed by atoms with E-state index in [4.69, 9.17) is 11.6 Å². The zero-order valence-electron chi connectivity index (χ0n) is 14.0. The lowest BCUT2D eigenvalue weighted by molar-refractivity contribution is -0.118. The average Bonchev–Trinajstić information content (AvgIpc) is 2.85. The van der Waals surface area contributed by atoms with Crippen LogP contribution in [-0.4, -0.2) is 16.0 Å². The highest BCUT2D eigenvalue weighted by atomic mass is 35.5. The molecule has 0 radical (unpaired) electrons. The van der Waals surface area contributed by atoms with Crippen molar-refractivity contribution in [2.24, 2.45) is 5.41 Å². The van der Waals surface area contributed by atoms with E-state index in [2.05, 4.69) is 29.4 Å². The van der Waals surface area contributed by atoms with E-state index in [1.807, 2.05) is 31.2 Å². The molecule has 0 saturated heterocycles. The van der Waals surface area contributed by atoms with Crippen LogP contribution in [0.1, 0.15) is 49.4 Å². The summed E-state index contributed by atoms with van der Waals surface area (Å²) in [4.78, 5) is 13.0. The SMILES string of the molecule is Cc1[nH]nc2c1[C@H](c1cccc(Cl)c1)C1=C(CC(C)(C)CC1=O)N2. The van der Waals surface area contributed by atoms with Gasteiger partial charge in [0.15, 0.2) is 11.6 Å². The molecular formula is C19H20ClN3O. The molecule has 0 bridgehead atoms. The van der Waals surface area contributed by atoms with E-state index in [0.717, 1.165) is 40.3 Å². The molecule has 0 fully saturated rings. The molecule has 2 aliphatic rings. The minimum absolute atomic E-state index is 0.0370. The van der Waals surface area contributed by atoms with Crippen LogP contribution in [0.3, 0.4) is 0 Å². The number of nitrogens with one attached hydrogen (secondary N) is 2. The maximum atomic E-state index is 13.0. The van der Waals surface area contributed by atoms with Gasteiger partial charge in [0.1, 0.15) is 0 Å². The maximum absolute atomic E-state index is 13.0. The summed E-state index contributed by atoms with van der Waals surface area (Å²) in [7, 11) is 0. The first kappa shape index (κ1) is 15.5. The first-order valence-corrected chi connectivity index (χ1v) is 8.57. The number of rotatable bonds is 1. The summed E-state index contributed by atoms with van der Waals surface area (Å²) in [5.41, 5.74) is 4.89. The lowest BCUT2D eigenvalue weighted by Crippen LogP contribution is -2.33. The van der Waals surface area contributed by atoms with Gasteiger partial charge < -0.3 is 5.32 Å². The van der Waals surface area contributed by atoms with Crippen LogP contribution in [0.2, 0.25) is 5.02 Å². The number of aryl methyl sites for hydroxylation is 1. The standard InChI is InChI=1S/C19H20ClN3O/c1-10-15-16(11-5-4-6-12(20)7-11)17-13(21-18(15)23-22-10)8-19(2,3)9-14(17)24/h4-7,16H,8-9H2,1-3H3,(H2,21,22,23)/t16-/m0/s1. The number of allylic oxidation sites excluding steroid dienone is 2. The Morgan fingerprint density at radius 1 is 1.29 bits per heavy atom. The van der Waals surface area contributed by atoms with Crippen molar-refractivity contribution in [2.45, 2.75) is 39.5 Å². The van der Waals surface area contributed by atoms with E-state index < -0.39 is 0 Å². The number of nitrogens with zero attached hydrogens (tertiary/aromatic N) is 1. The first-order chi connectivity index (χ1) is 11.4. The molecule has 4 nitrogen and oxygen atoms in total. The topological polar surface area (TPSA) is 57.8 Å². The maximum Gasteiger partial charge on any atom is 0.162 e. The van der Waals surface area contributed by atoms with Gasteiger partial charge in [-0.15, -0.1) is 0 Å². The monoisotopic (exact) mass is 341 g/mol. The molecule has 0 amide bonds. The fourth-order valence-electron chi connectivity index (χ4n) is 3.97. The summed E-state index contributed by atoms with van der Waals surface area (Å²) < 4.78 is 0. The van der Waals surface area contributed by atoms with Crippen molar-refractivity contribution >= 4 is 23.2 Å². The van der Waals surface area contributed by atoms with Crippen molar-refractivity contribution in [3.8, 4) is 0 Å². The predicted octanol–water partition coefficient (Wildman–Crippen LogP) is 4.57. The smallest absolute Gasteiger partial charge is 0.162 e. The fourth-order valence-corrected chi connectivity index (χ4v) is 4.17. The number of anilines is 1. The average molecular weight is 342 g/mol. The molecule has 0 saturated carbocycles. The van der Waals surface area contributed by atoms with Crippen LogP contribution in [0.25, 0.3) is 0 Å². The van der Waals surface area contributed by atoms with Crippen molar-refractivity contribution in [3.05, 3.63) is 57.4 Å². The van der Waals surface area contributed by atoms with E-state index in [9.17, 15) is 4.79 Å². The second-order valence-corrected chi connectivity index (χ2v) is 7.99. The molecule has 124 valence electrons. The number of fused-ring (bicyclic) bond motifs is 1. The Kier molecular flexibility index (Phi) is 3.36. The molecular weight excluding hydrogens is 322 g/mol. The number of ketones is 1. The van der Waals surface area contributed by atoms with E-state index >= 15 is 0 Å². The first-order valence-electron chi connectivity index (χ1n) is 8.19. The highest BCUT2D eigenvalue weighted by molar-refractivity contribution is 6.30. The molecule has 2 heterocycles. The number of halogens is 1. The van der Waals surface area contributed by atoms with Gasteiger partial charge in [0.2, 0.25) is 0 Å². The van der Waals surface area contributed by atoms with Crippen LogP contribution in [0, 0.1) is 12.3 Å². The van der Waals surface area contributed by atoms with Crippen molar-refractivity contribution in [2.75, 3.05) is 5.32 Å². The highest BCUT2D eigenvalue weighted by Gasteiger charge is 2.42. The third-order valence-electron chi connectivity index (χ3n) is 4.94. The van der Waals surface area contributed by atoms with Gasteiger partial charge in [0.25, 0.3) is 0 Å².